The van der Waals surface area contributed by atoms with Gasteiger partial charge in [0.2, 0.25) is 0 Å². The molecule has 1 fully saturated rings. The van der Waals surface area contributed by atoms with Crippen molar-refractivity contribution in [1.29, 1.82) is 0 Å². The number of hydrogen-bond donors (Lipinski definition) is 0. The quantitative estimate of drug-likeness (QED) is 0.824. The lowest BCUT2D eigenvalue weighted by atomic mass is 10.1. The molecule has 26 heavy (non-hydrogen) atoms. The number of halogens is 1. The maximum absolute atomic E-state index is 13.0. The van der Waals surface area contributed by atoms with Gasteiger partial charge in [-0.25, -0.2) is 4.39 Å². The second-order valence-electron chi connectivity index (χ2n) is 6.23. The Morgan fingerprint density at radius 2 is 1.69 bits per heavy atom. The van der Waals surface area contributed by atoms with Crippen LogP contribution in [0.4, 0.5) is 4.39 Å². The van der Waals surface area contributed by atoms with E-state index >= 15 is 0 Å². The van der Waals surface area contributed by atoms with E-state index in [2.05, 4.69) is 4.90 Å². The third kappa shape index (κ3) is 3.96. The molecule has 1 amide bonds. The van der Waals surface area contributed by atoms with Gasteiger partial charge in [-0.1, -0.05) is 12.1 Å². The third-order valence-corrected chi connectivity index (χ3v) is 4.63. The summed E-state index contributed by atoms with van der Waals surface area (Å²) in [6, 6.07) is 11.6. The normalized spacial score (nSPS) is 15.0. The first-order valence-corrected chi connectivity index (χ1v) is 8.59. The lowest BCUT2D eigenvalue weighted by Gasteiger charge is -2.35. The van der Waals surface area contributed by atoms with E-state index in [9.17, 15) is 9.18 Å². The van der Waals surface area contributed by atoms with Gasteiger partial charge < -0.3 is 14.4 Å². The molecule has 2 aromatic carbocycles. The minimum atomic E-state index is -0.335. The zero-order valence-electron chi connectivity index (χ0n) is 15.1. The fourth-order valence-corrected chi connectivity index (χ4v) is 3.20. The minimum absolute atomic E-state index is 0.0522. The number of benzene rings is 2. The Kier molecular flexibility index (Phi) is 5.73. The summed E-state index contributed by atoms with van der Waals surface area (Å²) in [5.41, 5.74) is 1.58. The summed E-state index contributed by atoms with van der Waals surface area (Å²) in [7, 11) is 3.27. The van der Waals surface area contributed by atoms with Crippen LogP contribution in [-0.2, 0) is 6.54 Å². The zero-order valence-corrected chi connectivity index (χ0v) is 15.1. The summed E-state index contributed by atoms with van der Waals surface area (Å²) in [6.45, 7) is 3.56. The van der Waals surface area contributed by atoms with Crippen molar-refractivity contribution < 1.29 is 18.7 Å². The zero-order chi connectivity index (χ0) is 18.5. The van der Waals surface area contributed by atoms with Crippen molar-refractivity contribution in [1.82, 2.24) is 9.80 Å². The molecule has 0 spiro atoms. The first-order valence-electron chi connectivity index (χ1n) is 8.59. The SMILES string of the molecule is COc1cccc(CN2CCN(C(=O)c3ccc(F)cc3)CC2)c1OC. The van der Waals surface area contributed by atoms with Crippen molar-refractivity contribution >= 4 is 5.91 Å². The molecule has 2 aromatic rings. The molecule has 0 aliphatic carbocycles. The molecule has 0 N–H and O–H groups in total. The maximum atomic E-state index is 13.0. The second kappa shape index (κ2) is 8.19. The van der Waals surface area contributed by atoms with Gasteiger partial charge in [-0.05, 0) is 30.3 Å². The average Bonchev–Trinajstić information content (AvgIpc) is 2.68. The Morgan fingerprint density at radius 3 is 2.31 bits per heavy atom. The van der Waals surface area contributed by atoms with E-state index in [-0.39, 0.29) is 11.7 Å². The Morgan fingerprint density at radius 1 is 1.00 bits per heavy atom. The number of ether oxygens (including phenoxy) is 2. The molecular weight excluding hydrogens is 335 g/mol. The van der Waals surface area contributed by atoms with E-state index < -0.39 is 0 Å². The van der Waals surface area contributed by atoms with E-state index in [0.717, 1.165) is 36.7 Å². The van der Waals surface area contributed by atoms with E-state index in [1.54, 1.807) is 14.2 Å². The molecule has 0 bridgehead atoms. The van der Waals surface area contributed by atoms with Crippen molar-refractivity contribution in [3.05, 3.63) is 59.4 Å². The van der Waals surface area contributed by atoms with Gasteiger partial charge in [-0.3, -0.25) is 9.69 Å². The van der Waals surface area contributed by atoms with Crippen molar-refractivity contribution in [2.45, 2.75) is 6.54 Å². The smallest absolute Gasteiger partial charge is 0.253 e. The van der Waals surface area contributed by atoms with Crippen LogP contribution in [0.15, 0.2) is 42.5 Å². The molecule has 138 valence electrons. The predicted octanol–water partition coefficient (Wildman–Crippen LogP) is 2.80. The molecule has 1 saturated heterocycles. The van der Waals surface area contributed by atoms with Gasteiger partial charge in [0, 0.05) is 43.9 Å². The van der Waals surface area contributed by atoms with Crippen LogP contribution in [-0.4, -0.2) is 56.1 Å². The molecule has 5 nitrogen and oxygen atoms in total. The highest BCUT2D eigenvalue weighted by Crippen LogP contribution is 2.31. The molecule has 3 rings (SSSR count). The van der Waals surface area contributed by atoms with E-state index in [0.29, 0.717) is 18.7 Å². The summed E-state index contributed by atoms with van der Waals surface area (Å²) in [5, 5.41) is 0. The molecular formula is C20H23FN2O3. The topological polar surface area (TPSA) is 42.0 Å². The van der Waals surface area contributed by atoms with Crippen molar-refractivity contribution in [2.75, 3.05) is 40.4 Å². The first kappa shape index (κ1) is 18.2. The Labute approximate surface area is 152 Å². The summed E-state index contributed by atoms with van der Waals surface area (Å²) in [6.07, 6.45) is 0. The fourth-order valence-electron chi connectivity index (χ4n) is 3.20. The van der Waals surface area contributed by atoms with Crippen LogP contribution < -0.4 is 9.47 Å². The molecule has 1 aliphatic heterocycles. The number of amides is 1. The highest BCUT2D eigenvalue weighted by Gasteiger charge is 2.23. The van der Waals surface area contributed by atoms with Crippen molar-refractivity contribution in [2.24, 2.45) is 0 Å². The number of hydrogen-bond acceptors (Lipinski definition) is 4. The number of nitrogens with zero attached hydrogens (tertiary/aromatic N) is 2. The van der Waals surface area contributed by atoms with Gasteiger partial charge in [0.25, 0.3) is 5.91 Å². The fraction of sp³-hybridized carbons (Fsp3) is 0.350. The van der Waals surface area contributed by atoms with Crippen LogP contribution in [0.1, 0.15) is 15.9 Å². The third-order valence-electron chi connectivity index (χ3n) is 4.63. The van der Waals surface area contributed by atoms with Gasteiger partial charge in [-0.2, -0.15) is 0 Å². The predicted molar refractivity (Wildman–Crippen MR) is 97.1 cm³/mol. The largest absolute Gasteiger partial charge is 0.493 e. The number of rotatable bonds is 5. The summed E-state index contributed by atoms with van der Waals surface area (Å²) < 4.78 is 23.9. The molecule has 1 aliphatic rings. The Bertz CT molecular complexity index is 756. The standard InChI is InChI=1S/C20H23FN2O3/c1-25-18-5-3-4-16(19(18)26-2)14-22-10-12-23(13-11-22)20(24)15-6-8-17(21)9-7-15/h3-9H,10-14H2,1-2H3. The number of methoxy groups -OCH3 is 2. The molecule has 1 heterocycles. The monoisotopic (exact) mass is 358 g/mol. The molecule has 0 saturated carbocycles. The van der Waals surface area contributed by atoms with E-state index in [1.807, 2.05) is 23.1 Å². The lowest BCUT2D eigenvalue weighted by Crippen LogP contribution is -2.48. The highest BCUT2D eigenvalue weighted by molar-refractivity contribution is 5.94. The maximum Gasteiger partial charge on any atom is 0.253 e. The van der Waals surface area contributed by atoms with Crippen LogP contribution in [0.3, 0.4) is 0 Å². The van der Waals surface area contributed by atoms with Gasteiger partial charge >= 0.3 is 0 Å². The summed E-state index contributed by atoms with van der Waals surface area (Å²) >= 11 is 0. The van der Waals surface area contributed by atoms with Crippen molar-refractivity contribution in [3.63, 3.8) is 0 Å². The number of carbonyl (C=O) groups excluding carboxylic acids is 1. The van der Waals surface area contributed by atoms with Crippen LogP contribution in [0.2, 0.25) is 0 Å². The summed E-state index contributed by atoms with van der Waals surface area (Å²) in [4.78, 5) is 16.6. The van der Waals surface area contributed by atoms with Gasteiger partial charge in [-0.15, -0.1) is 0 Å². The lowest BCUT2D eigenvalue weighted by molar-refractivity contribution is 0.0627. The molecule has 0 radical (unpaired) electrons. The summed E-state index contributed by atoms with van der Waals surface area (Å²) in [5.74, 6) is 1.08. The van der Waals surface area contributed by atoms with Crippen molar-refractivity contribution in [3.8, 4) is 11.5 Å². The Hall–Kier alpha value is -2.60. The number of para-hydroxylation sites is 1. The molecule has 0 atom stereocenters. The first-order chi connectivity index (χ1) is 12.6. The van der Waals surface area contributed by atoms with Gasteiger partial charge in [0.1, 0.15) is 5.82 Å². The highest BCUT2D eigenvalue weighted by atomic mass is 19.1. The number of piperazine rings is 1. The molecule has 6 heteroatoms. The minimum Gasteiger partial charge on any atom is -0.493 e. The molecule has 0 unspecified atom stereocenters. The average molecular weight is 358 g/mol. The molecule has 0 aromatic heterocycles. The second-order valence-corrected chi connectivity index (χ2v) is 6.23. The van der Waals surface area contributed by atoms with Crippen LogP contribution in [0.25, 0.3) is 0 Å². The van der Waals surface area contributed by atoms with E-state index in [4.69, 9.17) is 9.47 Å². The van der Waals surface area contributed by atoms with Gasteiger partial charge in [0.05, 0.1) is 14.2 Å². The van der Waals surface area contributed by atoms with E-state index in [1.165, 1.54) is 24.3 Å². The number of carbonyl (C=O) groups is 1. The van der Waals surface area contributed by atoms with Crippen LogP contribution in [0, 0.1) is 5.82 Å². The van der Waals surface area contributed by atoms with Crippen LogP contribution >= 0.6 is 0 Å². The Balaban J connectivity index is 1.61. The van der Waals surface area contributed by atoms with Crippen LogP contribution in [0.5, 0.6) is 11.5 Å². The van der Waals surface area contributed by atoms with Gasteiger partial charge in [0.15, 0.2) is 11.5 Å².